The summed E-state index contributed by atoms with van der Waals surface area (Å²) in [5.41, 5.74) is -0.916. The van der Waals surface area contributed by atoms with Crippen LogP contribution in [0.4, 0.5) is 13.2 Å². The van der Waals surface area contributed by atoms with Gasteiger partial charge < -0.3 is 10.2 Å². The normalized spacial score (nSPS) is 11.2. The highest BCUT2D eigenvalue weighted by molar-refractivity contribution is 5.95. The van der Waals surface area contributed by atoms with Crippen LogP contribution in [-0.4, -0.2) is 41.3 Å². The first-order chi connectivity index (χ1) is 11.2. The van der Waals surface area contributed by atoms with Crippen LogP contribution in [0, 0.1) is 6.92 Å². The molecule has 1 rings (SSSR count). The number of carbonyl (C=O) groups is 2. The van der Waals surface area contributed by atoms with E-state index in [-0.39, 0.29) is 23.7 Å². The highest BCUT2D eigenvalue weighted by Gasteiger charge is 2.33. The van der Waals surface area contributed by atoms with E-state index < -0.39 is 17.8 Å². The minimum absolute atomic E-state index is 0.0153. The number of pyridine rings is 1. The molecule has 0 aliphatic carbocycles. The molecular formula is C16H22F3N3O2. The number of hydrogen-bond acceptors (Lipinski definition) is 3. The van der Waals surface area contributed by atoms with Gasteiger partial charge in [-0.3, -0.25) is 9.59 Å². The Balaban J connectivity index is 2.53. The standard InChI is InChI=1S/C16H22F3N3O2/c1-4-22(5-2)14(23)7-6-10-20-15(24)12-8-9-13(16(17,18)19)21-11(12)3/h8-9H,4-7,10H2,1-3H3,(H,20,24). The predicted octanol–water partition coefficient (Wildman–Crippen LogP) is 2.79. The van der Waals surface area contributed by atoms with Gasteiger partial charge in [0.05, 0.1) is 11.3 Å². The van der Waals surface area contributed by atoms with Gasteiger partial charge in [-0.2, -0.15) is 13.2 Å². The minimum atomic E-state index is -4.54. The van der Waals surface area contributed by atoms with Gasteiger partial charge in [0.2, 0.25) is 5.91 Å². The summed E-state index contributed by atoms with van der Waals surface area (Å²) in [5.74, 6) is -0.481. The number of nitrogens with one attached hydrogen (secondary N) is 1. The SMILES string of the molecule is CCN(CC)C(=O)CCCNC(=O)c1ccc(C(F)(F)F)nc1C. The van der Waals surface area contributed by atoms with Crippen LogP contribution in [0.25, 0.3) is 0 Å². The van der Waals surface area contributed by atoms with Crippen molar-refractivity contribution in [2.45, 2.75) is 39.8 Å². The van der Waals surface area contributed by atoms with E-state index in [9.17, 15) is 22.8 Å². The predicted molar refractivity (Wildman–Crippen MR) is 83.5 cm³/mol. The second kappa shape index (κ2) is 8.65. The van der Waals surface area contributed by atoms with E-state index in [2.05, 4.69) is 10.3 Å². The first-order valence-electron chi connectivity index (χ1n) is 7.81. The lowest BCUT2D eigenvalue weighted by molar-refractivity contribution is -0.141. The van der Waals surface area contributed by atoms with Gasteiger partial charge in [0.1, 0.15) is 5.69 Å². The number of carbonyl (C=O) groups excluding carboxylic acids is 2. The zero-order valence-corrected chi connectivity index (χ0v) is 14.0. The lowest BCUT2D eigenvalue weighted by atomic mass is 10.1. The maximum absolute atomic E-state index is 12.5. The van der Waals surface area contributed by atoms with Gasteiger partial charge in [-0.25, -0.2) is 4.98 Å². The second-order valence-corrected chi connectivity index (χ2v) is 5.25. The molecule has 0 bridgehead atoms. The third-order valence-electron chi connectivity index (χ3n) is 3.59. The molecular weight excluding hydrogens is 323 g/mol. The highest BCUT2D eigenvalue weighted by Crippen LogP contribution is 2.28. The Hall–Kier alpha value is -2.12. The highest BCUT2D eigenvalue weighted by atomic mass is 19.4. The fourth-order valence-corrected chi connectivity index (χ4v) is 2.23. The van der Waals surface area contributed by atoms with Gasteiger partial charge in [-0.15, -0.1) is 0 Å². The van der Waals surface area contributed by atoms with E-state index in [0.717, 1.165) is 12.1 Å². The van der Waals surface area contributed by atoms with Crippen molar-refractivity contribution >= 4 is 11.8 Å². The molecule has 1 N–H and O–H groups in total. The van der Waals surface area contributed by atoms with Crippen molar-refractivity contribution < 1.29 is 22.8 Å². The summed E-state index contributed by atoms with van der Waals surface area (Å²) in [6.07, 6.45) is -3.76. The molecule has 0 aliphatic rings. The van der Waals surface area contributed by atoms with Gasteiger partial charge in [0, 0.05) is 26.1 Å². The van der Waals surface area contributed by atoms with E-state index in [1.54, 1.807) is 4.90 Å². The molecule has 0 saturated heterocycles. The summed E-state index contributed by atoms with van der Waals surface area (Å²) in [4.78, 5) is 28.9. The van der Waals surface area contributed by atoms with E-state index in [0.29, 0.717) is 25.9 Å². The number of nitrogens with zero attached hydrogens (tertiary/aromatic N) is 2. The molecule has 0 spiro atoms. The Bertz CT molecular complexity index is 584. The van der Waals surface area contributed by atoms with Crippen molar-refractivity contribution in [3.63, 3.8) is 0 Å². The summed E-state index contributed by atoms with van der Waals surface area (Å²) in [6, 6.07) is 1.90. The van der Waals surface area contributed by atoms with Gasteiger partial charge in [0.25, 0.3) is 5.91 Å². The van der Waals surface area contributed by atoms with Crippen molar-refractivity contribution in [2.75, 3.05) is 19.6 Å². The van der Waals surface area contributed by atoms with Crippen molar-refractivity contribution in [1.29, 1.82) is 0 Å². The number of aryl methyl sites for hydroxylation is 1. The minimum Gasteiger partial charge on any atom is -0.352 e. The van der Waals surface area contributed by atoms with Crippen LogP contribution in [0.1, 0.15) is 48.4 Å². The maximum atomic E-state index is 12.5. The first kappa shape index (κ1) is 19.9. The molecule has 1 heterocycles. The quantitative estimate of drug-likeness (QED) is 0.773. The first-order valence-corrected chi connectivity index (χ1v) is 7.81. The summed E-state index contributed by atoms with van der Waals surface area (Å²) in [6.45, 7) is 6.68. The van der Waals surface area contributed by atoms with Crippen LogP contribution in [0.3, 0.4) is 0 Å². The maximum Gasteiger partial charge on any atom is 0.433 e. The molecule has 0 fully saturated rings. The van der Waals surface area contributed by atoms with Crippen LogP contribution in [0.2, 0.25) is 0 Å². The third kappa shape index (κ3) is 5.50. The average molecular weight is 345 g/mol. The van der Waals surface area contributed by atoms with Crippen molar-refractivity contribution in [3.05, 3.63) is 29.1 Å². The van der Waals surface area contributed by atoms with E-state index in [1.165, 1.54) is 6.92 Å². The molecule has 1 aromatic heterocycles. The largest absolute Gasteiger partial charge is 0.433 e. The molecule has 0 aromatic carbocycles. The number of halogens is 3. The fraction of sp³-hybridized carbons (Fsp3) is 0.562. The lowest BCUT2D eigenvalue weighted by Gasteiger charge is -2.18. The number of hydrogen-bond donors (Lipinski definition) is 1. The molecule has 8 heteroatoms. The molecule has 0 aliphatic heterocycles. The summed E-state index contributed by atoms with van der Waals surface area (Å²) in [7, 11) is 0. The molecule has 1 aromatic rings. The van der Waals surface area contributed by atoms with Crippen molar-refractivity contribution in [2.24, 2.45) is 0 Å². The summed E-state index contributed by atoms with van der Waals surface area (Å²) >= 11 is 0. The molecule has 134 valence electrons. The van der Waals surface area contributed by atoms with Crippen LogP contribution >= 0.6 is 0 Å². The Kier molecular flexibility index (Phi) is 7.18. The Morgan fingerprint density at radius 2 is 1.83 bits per heavy atom. The van der Waals surface area contributed by atoms with Crippen molar-refractivity contribution in [3.8, 4) is 0 Å². The van der Waals surface area contributed by atoms with E-state index >= 15 is 0 Å². The second-order valence-electron chi connectivity index (χ2n) is 5.25. The molecule has 0 unspecified atom stereocenters. The molecule has 2 amide bonds. The van der Waals surface area contributed by atoms with E-state index in [1.807, 2.05) is 13.8 Å². The summed E-state index contributed by atoms with van der Waals surface area (Å²) in [5, 5.41) is 2.60. The topological polar surface area (TPSA) is 62.3 Å². The number of rotatable bonds is 7. The van der Waals surface area contributed by atoms with Gasteiger partial charge in [0.15, 0.2) is 0 Å². The molecule has 0 saturated carbocycles. The molecule has 0 radical (unpaired) electrons. The molecule has 5 nitrogen and oxygen atoms in total. The Morgan fingerprint density at radius 1 is 1.21 bits per heavy atom. The van der Waals surface area contributed by atoms with Crippen LogP contribution < -0.4 is 5.32 Å². The van der Waals surface area contributed by atoms with E-state index in [4.69, 9.17) is 0 Å². The number of amides is 2. The lowest BCUT2D eigenvalue weighted by Crippen LogP contribution is -2.31. The fourth-order valence-electron chi connectivity index (χ4n) is 2.23. The van der Waals surface area contributed by atoms with Crippen LogP contribution in [-0.2, 0) is 11.0 Å². The smallest absolute Gasteiger partial charge is 0.352 e. The Morgan fingerprint density at radius 3 is 2.33 bits per heavy atom. The average Bonchev–Trinajstić information content (AvgIpc) is 2.51. The monoisotopic (exact) mass is 345 g/mol. The van der Waals surface area contributed by atoms with Crippen LogP contribution in [0.5, 0.6) is 0 Å². The van der Waals surface area contributed by atoms with Crippen LogP contribution in [0.15, 0.2) is 12.1 Å². The van der Waals surface area contributed by atoms with Gasteiger partial charge >= 0.3 is 6.18 Å². The molecule has 0 atom stereocenters. The number of alkyl halides is 3. The summed E-state index contributed by atoms with van der Waals surface area (Å²) < 4.78 is 37.6. The molecule has 24 heavy (non-hydrogen) atoms. The van der Waals surface area contributed by atoms with Gasteiger partial charge in [-0.05, 0) is 39.3 Å². The van der Waals surface area contributed by atoms with Crippen molar-refractivity contribution in [1.82, 2.24) is 15.2 Å². The third-order valence-corrected chi connectivity index (χ3v) is 3.59. The zero-order valence-electron chi connectivity index (χ0n) is 14.0. The zero-order chi connectivity index (χ0) is 18.3. The Labute approximate surface area is 139 Å². The number of aromatic nitrogens is 1. The van der Waals surface area contributed by atoms with Gasteiger partial charge in [-0.1, -0.05) is 0 Å².